The Hall–Kier alpha value is -1.18. The van der Waals surface area contributed by atoms with E-state index in [1.807, 2.05) is 27.7 Å². The molecule has 2 N–H and O–H groups in total. The van der Waals surface area contributed by atoms with E-state index in [0.717, 1.165) is 31.1 Å². The molecule has 0 amide bonds. The van der Waals surface area contributed by atoms with Gasteiger partial charge in [-0.3, -0.25) is 0 Å². The predicted molar refractivity (Wildman–Crippen MR) is 89.6 cm³/mol. The molecule has 3 rings (SSSR count). The number of aliphatic hydroxyl groups is 1. The molecule has 2 heterocycles. The summed E-state index contributed by atoms with van der Waals surface area (Å²) in [5, 5.41) is 12.9. The van der Waals surface area contributed by atoms with Crippen LogP contribution in [0.15, 0.2) is 12.4 Å². The topological polar surface area (TPSA) is 76.5 Å². The molecule has 7 heteroatoms. The number of aliphatic hydroxyl groups excluding tert-OH is 1. The number of aromatic nitrogens is 2. The van der Waals surface area contributed by atoms with Gasteiger partial charge in [0.2, 0.25) is 5.95 Å². The summed E-state index contributed by atoms with van der Waals surface area (Å²) < 4.78 is 12.0. The Labute approximate surface area is 138 Å². The molecular formula is C16H26BN3O3. The van der Waals surface area contributed by atoms with E-state index in [0.29, 0.717) is 12.0 Å². The van der Waals surface area contributed by atoms with Crippen LogP contribution >= 0.6 is 0 Å². The average molecular weight is 319 g/mol. The summed E-state index contributed by atoms with van der Waals surface area (Å²) in [6, 6.07) is 0.334. The highest BCUT2D eigenvalue weighted by molar-refractivity contribution is 6.61. The minimum atomic E-state index is -0.432. The highest BCUT2D eigenvalue weighted by Gasteiger charge is 2.51. The Morgan fingerprint density at radius 3 is 2.09 bits per heavy atom. The molecule has 1 saturated carbocycles. The fraction of sp³-hybridized carbons (Fsp3) is 0.750. The maximum Gasteiger partial charge on any atom is 0.498 e. The smallest absolute Gasteiger partial charge is 0.399 e. The second-order valence-electron chi connectivity index (χ2n) is 7.58. The first-order valence-electron chi connectivity index (χ1n) is 8.39. The van der Waals surface area contributed by atoms with Gasteiger partial charge in [-0.15, -0.1) is 0 Å². The van der Waals surface area contributed by atoms with Crippen molar-refractivity contribution in [1.29, 1.82) is 0 Å². The molecule has 0 atom stereocenters. The Morgan fingerprint density at radius 2 is 1.57 bits per heavy atom. The molecule has 1 aliphatic carbocycles. The molecule has 0 unspecified atom stereocenters. The van der Waals surface area contributed by atoms with Gasteiger partial charge in [-0.1, -0.05) is 0 Å². The van der Waals surface area contributed by atoms with Crippen molar-refractivity contribution in [2.75, 3.05) is 5.32 Å². The number of hydrogen-bond donors (Lipinski definition) is 2. The molecule has 1 aromatic rings. The largest absolute Gasteiger partial charge is 0.498 e. The zero-order valence-electron chi connectivity index (χ0n) is 14.4. The molecule has 2 fully saturated rings. The molecule has 1 aliphatic heterocycles. The third kappa shape index (κ3) is 3.51. The summed E-state index contributed by atoms with van der Waals surface area (Å²) in [6.45, 7) is 8.12. The summed E-state index contributed by atoms with van der Waals surface area (Å²) in [5.74, 6) is 0.617. The molecule has 6 nitrogen and oxygen atoms in total. The van der Waals surface area contributed by atoms with Crippen LogP contribution in [-0.4, -0.2) is 45.5 Å². The first-order chi connectivity index (χ1) is 10.8. The molecular weight excluding hydrogens is 293 g/mol. The van der Waals surface area contributed by atoms with Gasteiger partial charge in [0.25, 0.3) is 0 Å². The van der Waals surface area contributed by atoms with E-state index >= 15 is 0 Å². The maximum absolute atomic E-state index is 9.55. The number of anilines is 1. The van der Waals surface area contributed by atoms with Gasteiger partial charge in [0.05, 0.1) is 17.3 Å². The number of hydrogen-bond acceptors (Lipinski definition) is 6. The summed E-state index contributed by atoms with van der Waals surface area (Å²) in [7, 11) is -0.432. The van der Waals surface area contributed by atoms with Crippen molar-refractivity contribution >= 4 is 18.5 Å². The Morgan fingerprint density at radius 1 is 1.04 bits per heavy atom. The maximum atomic E-state index is 9.55. The normalized spacial score (nSPS) is 29.5. The summed E-state index contributed by atoms with van der Waals surface area (Å²) in [5.41, 5.74) is 0.1000. The number of nitrogens with zero attached hydrogens (tertiary/aromatic N) is 2. The van der Waals surface area contributed by atoms with Gasteiger partial charge >= 0.3 is 7.12 Å². The van der Waals surface area contributed by atoms with Gasteiger partial charge in [0.1, 0.15) is 0 Å². The fourth-order valence-electron chi connectivity index (χ4n) is 2.92. The SMILES string of the molecule is CC1(C)OB(c2cnc(NC3CCC(O)CC3)nc2)OC1(C)C. The van der Waals surface area contributed by atoms with Crippen molar-refractivity contribution in [2.24, 2.45) is 0 Å². The third-order valence-electron chi connectivity index (χ3n) is 5.23. The zero-order valence-corrected chi connectivity index (χ0v) is 14.4. The van der Waals surface area contributed by atoms with Gasteiger partial charge in [-0.05, 0) is 53.4 Å². The van der Waals surface area contributed by atoms with Crippen LogP contribution in [0.4, 0.5) is 5.95 Å². The average Bonchev–Trinajstić information content (AvgIpc) is 2.71. The zero-order chi connectivity index (χ0) is 16.7. The monoisotopic (exact) mass is 319 g/mol. The number of nitrogens with one attached hydrogen (secondary N) is 1. The minimum Gasteiger partial charge on any atom is -0.399 e. The van der Waals surface area contributed by atoms with Crippen molar-refractivity contribution < 1.29 is 14.4 Å². The first kappa shape index (κ1) is 16.7. The van der Waals surface area contributed by atoms with Crippen molar-refractivity contribution in [3.8, 4) is 0 Å². The van der Waals surface area contributed by atoms with E-state index in [4.69, 9.17) is 9.31 Å². The molecule has 0 aromatic carbocycles. The van der Waals surface area contributed by atoms with Crippen LogP contribution in [0.5, 0.6) is 0 Å². The van der Waals surface area contributed by atoms with Crippen LogP contribution in [0.1, 0.15) is 53.4 Å². The first-order valence-corrected chi connectivity index (χ1v) is 8.39. The van der Waals surface area contributed by atoms with E-state index in [9.17, 15) is 5.11 Å². The Balaban J connectivity index is 1.62. The quantitative estimate of drug-likeness (QED) is 0.822. The lowest BCUT2D eigenvalue weighted by molar-refractivity contribution is 0.00578. The van der Waals surface area contributed by atoms with Crippen LogP contribution in [0.25, 0.3) is 0 Å². The molecule has 23 heavy (non-hydrogen) atoms. The molecule has 0 radical (unpaired) electrons. The summed E-state index contributed by atoms with van der Waals surface area (Å²) >= 11 is 0. The number of rotatable bonds is 3. The molecule has 126 valence electrons. The fourth-order valence-corrected chi connectivity index (χ4v) is 2.92. The van der Waals surface area contributed by atoms with Gasteiger partial charge < -0.3 is 19.7 Å². The Bertz CT molecular complexity index is 526. The van der Waals surface area contributed by atoms with Gasteiger partial charge in [-0.25, -0.2) is 9.97 Å². The van der Waals surface area contributed by atoms with Crippen molar-refractivity contribution in [3.05, 3.63) is 12.4 Å². The van der Waals surface area contributed by atoms with Gasteiger partial charge in [-0.2, -0.15) is 0 Å². The third-order valence-corrected chi connectivity index (χ3v) is 5.23. The lowest BCUT2D eigenvalue weighted by Gasteiger charge is -2.32. The minimum absolute atomic E-state index is 0.153. The molecule has 2 aliphatic rings. The predicted octanol–water partition coefficient (Wildman–Crippen LogP) is 1.49. The van der Waals surface area contributed by atoms with E-state index in [-0.39, 0.29) is 17.3 Å². The molecule has 1 aromatic heterocycles. The molecule has 1 saturated heterocycles. The van der Waals surface area contributed by atoms with Crippen molar-refractivity contribution in [1.82, 2.24) is 9.97 Å². The second-order valence-corrected chi connectivity index (χ2v) is 7.58. The van der Waals surface area contributed by atoms with E-state index in [2.05, 4.69) is 15.3 Å². The molecule has 0 bridgehead atoms. The van der Waals surface area contributed by atoms with E-state index < -0.39 is 7.12 Å². The van der Waals surface area contributed by atoms with Crippen molar-refractivity contribution in [2.45, 2.75) is 76.7 Å². The van der Waals surface area contributed by atoms with Crippen LogP contribution in [0.2, 0.25) is 0 Å². The van der Waals surface area contributed by atoms with Crippen LogP contribution in [0, 0.1) is 0 Å². The summed E-state index contributed by atoms with van der Waals surface area (Å²) in [4.78, 5) is 8.77. The lowest BCUT2D eigenvalue weighted by Crippen LogP contribution is -2.41. The highest BCUT2D eigenvalue weighted by atomic mass is 16.7. The van der Waals surface area contributed by atoms with Crippen LogP contribution < -0.4 is 10.8 Å². The van der Waals surface area contributed by atoms with E-state index in [1.165, 1.54) is 0 Å². The van der Waals surface area contributed by atoms with Gasteiger partial charge in [0, 0.05) is 23.9 Å². The lowest BCUT2D eigenvalue weighted by atomic mass is 9.81. The van der Waals surface area contributed by atoms with Gasteiger partial charge in [0.15, 0.2) is 0 Å². The summed E-state index contributed by atoms with van der Waals surface area (Å²) in [6.07, 6.45) is 6.93. The Kier molecular flexibility index (Phi) is 4.38. The van der Waals surface area contributed by atoms with E-state index in [1.54, 1.807) is 12.4 Å². The van der Waals surface area contributed by atoms with Crippen LogP contribution in [0.3, 0.4) is 0 Å². The standard InChI is InChI=1S/C16H26BN3O3/c1-15(2)16(3,4)23-17(22-15)11-9-18-14(19-10-11)20-12-5-7-13(21)8-6-12/h9-10,12-13,21H,5-8H2,1-4H3,(H,18,19,20). The van der Waals surface area contributed by atoms with Crippen LogP contribution in [-0.2, 0) is 9.31 Å². The highest BCUT2D eigenvalue weighted by Crippen LogP contribution is 2.36. The molecule has 0 spiro atoms. The second kappa shape index (κ2) is 6.04. The van der Waals surface area contributed by atoms with Crippen molar-refractivity contribution in [3.63, 3.8) is 0 Å².